The van der Waals surface area contributed by atoms with Crippen molar-refractivity contribution in [1.29, 1.82) is 0 Å². The average molecular weight is 446 g/mol. The van der Waals surface area contributed by atoms with E-state index in [1.807, 2.05) is 0 Å². The number of primary amides is 1. The Morgan fingerprint density at radius 3 is 2.89 bits per heavy atom. The van der Waals surface area contributed by atoms with Crippen molar-refractivity contribution in [3.63, 3.8) is 0 Å². The third kappa shape index (κ3) is 3.98. The summed E-state index contributed by atoms with van der Waals surface area (Å²) in [7, 11) is 0. The molecule has 2 aromatic heterocycles. The summed E-state index contributed by atoms with van der Waals surface area (Å²) in [6.07, 6.45) is -2.12. The zero-order valence-electron chi connectivity index (χ0n) is 14.2. The number of anilines is 1. The Balaban J connectivity index is 1.68. The van der Waals surface area contributed by atoms with Crippen LogP contribution in [-0.4, -0.2) is 74.9 Å². The monoisotopic (exact) mass is 447 g/mol. The molecule has 3 rings (SSSR count). The number of H-pyrrole nitrogens is 1. The fourth-order valence-electron chi connectivity index (χ4n) is 2.78. The number of nitrogen functional groups attached to an aromatic ring is 1. The molecule has 5 atom stereocenters. The molecule has 27 heavy (non-hydrogen) atoms. The number of aliphatic hydroxyl groups excluding tert-OH is 2. The molecule has 12 nitrogen and oxygen atoms in total. The van der Waals surface area contributed by atoms with E-state index >= 15 is 0 Å². The van der Waals surface area contributed by atoms with E-state index in [-0.39, 0.29) is 32.1 Å². The van der Waals surface area contributed by atoms with Crippen molar-refractivity contribution in [1.82, 2.24) is 19.5 Å². The second kappa shape index (κ2) is 7.92. The first-order valence-electron chi connectivity index (χ1n) is 8.16. The number of nitrogens with two attached hydrogens (primary N) is 3. The Labute approximate surface area is 159 Å². The molecule has 148 valence electrons. The van der Waals surface area contributed by atoms with Gasteiger partial charge in [-0.25, -0.2) is 0 Å². The van der Waals surface area contributed by atoms with Crippen LogP contribution >= 0.6 is 0 Å². The summed E-state index contributed by atoms with van der Waals surface area (Å²) in [5.74, 6) is -0.639. The summed E-state index contributed by atoms with van der Waals surface area (Å²) in [5, 5.41) is 21.9. The van der Waals surface area contributed by atoms with Crippen molar-refractivity contribution in [2.75, 3.05) is 5.73 Å². The van der Waals surface area contributed by atoms with Gasteiger partial charge in [0.1, 0.15) is 0 Å². The number of amides is 1. The molecule has 1 fully saturated rings. The van der Waals surface area contributed by atoms with Gasteiger partial charge in [-0.2, -0.15) is 0 Å². The Hall–Kier alpha value is -2.02. The number of hydrogen-bond donors (Lipinski definition) is 6. The molecule has 13 heteroatoms. The fourth-order valence-corrected chi connectivity index (χ4v) is 5.08. The summed E-state index contributed by atoms with van der Waals surface area (Å²) in [6.45, 7) is 0. The van der Waals surface area contributed by atoms with Gasteiger partial charge < -0.3 is 0 Å². The molecule has 0 spiro atoms. The third-order valence-electron chi connectivity index (χ3n) is 4.28. The van der Waals surface area contributed by atoms with Crippen LogP contribution in [0.4, 0.5) is 5.95 Å². The molecule has 0 radical (unpaired) electrons. The van der Waals surface area contributed by atoms with E-state index in [9.17, 15) is 19.8 Å². The molecule has 0 aromatic carbocycles. The molecule has 9 N–H and O–H groups in total. The average Bonchev–Trinajstić information content (AvgIpc) is 3.14. The second-order valence-electron chi connectivity index (χ2n) is 6.19. The van der Waals surface area contributed by atoms with Gasteiger partial charge in [-0.1, -0.05) is 0 Å². The summed E-state index contributed by atoms with van der Waals surface area (Å²) >= 11 is 0.0319. The van der Waals surface area contributed by atoms with Crippen molar-refractivity contribution in [3.8, 4) is 0 Å². The number of rotatable bonds is 7. The van der Waals surface area contributed by atoms with Gasteiger partial charge in [0, 0.05) is 0 Å². The second-order valence-corrected chi connectivity index (χ2v) is 8.61. The number of nitrogens with zero attached hydrogens (tertiary/aromatic N) is 3. The zero-order chi connectivity index (χ0) is 19.7. The Kier molecular flexibility index (Phi) is 5.79. The Bertz CT molecular complexity index is 886. The van der Waals surface area contributed by atoms with E-state index in [0.29, 0.717) is 17.1 Å². The van der Waals surface area contributed by atoms with Gasteiger partial charge in [0.15, 0.2) is 0 Å². The van der Waals surface area contributed by atoms with Crippen molar-refractivity contribution in [2.24, 2.45) is 11.5 Å². The van der Waals surface area contributed by atoms with Crippen LogP contribution in [0, 0.1) is 0 Å². The SMILES string of the molecule is NC(=O)[C@@H](N)CC[Se]C[C@H]1O[C@@H](n2cnc3c(=O)[nH]c(N)nc32)[C@H](O)[C@@H]1O. The quantitative estimate of drug-likeness (QED) is 0.190. The summed E-state index contributed by atoms with van der Waals surface area (Å²) < 4.78 is 7.18. The minimum atomic E-state index is -1.22. The summed E-state index contributed by atoms with van der Waals surface area (Å²) in [5.41, 5.74) is 16.0. The van der Waals surface area contributed by atoms with Gasteiger partial charge in [0.2, 0.25) is 0 Å². The van der Waals surface area contributed by atoms with Gasteiger partial charge in [0.25, 0.3) is 0 Å². The number of carbonyl (C=O) groups is 1. The molecular formula is C14H21N7O5Se. The van der Waals surface area contributed by atoms with Crippen LogP contribution in [0.5, 0.6) is 0 Å². The first kappa shape index (κ1) is 19.7. The fraction of sp³-hybridized carbons (Fsp3) is 0.571. The number of nitrogens with one attached hydrogen (secondary N) is 1. The molecule has 1 saturated heterocycles. The topological polar surface area (TPSA) is 208 Å². The molecule has 0 unspecified atom stereocenters. The molecule has 0 saturated carbocycles. The Morgan fingerprint density at radius 1 is 1.44 bits per heavy atom. The molecule has 0 bridgehead atoms. The molecule has 1 amide bonds. The molecule has 0 aliphatic carbocycles. The van der Waals surface area contributed by atoms with E-state index in [1.165, 1.54) is 10.9 Å². The maximum atomic E-state index is 11.9. The predicted molar refractivity (Wildman–Crippen MR) is 95.6 cm³/mol. The number of hydrogen-bond acceptors (Lipinski definition) is 9. The van der Waals surface area contributed by atoms with Crippen LogP contribution in [0.3, 0.4) is 0 Å². The molecular weight excluding hydrogens is 425 g/mol. The Morgan fingerprint density at radius 2 is 2.19 bits per heavy atom. The first-order chi connectivity index (χ1) is 12.8. The predicted octanol–water partition coefficient (Wildman–Crippen LogP) is -2.94. The molecule has 1 aliphatic heterocycles. The van der Waals surface area contributed by atoms with Crippen LogP contribution in [0.1, 0.15) is 12.6 Å². The molecule has 3 heterocycles. The van der Waals surface area contributed by atoms with Gasteiger partial charge in [-0.15, -0.1) is 0 Å². The van der Waals surface area contributed by atoms with Crippen LogP contribution in [0.15, 0.2) is 11.1 Å². The maximum absolute atomic E-state index is 11.9. The van der Waals surface area contributed by atoms with E-state index in [2.05, 4.69) is 15.0 Å². The number of aliphatic hydroxyl groups is 2. The number of fused-ring (bicyclic) bond motifs is 1. The van der Waals surface area contributed by atoms with Crippen molar-refractivity contribution >= 4 is 38.0 Å². The number of aromatic amines is 1. The normalized spacial score (nSPS) is 26.5. The van der Waals surface area contributed by atoms with Crippen LogP contribution in [-0.2, 0) is 9.53 Å². The van der Waals surface area contributed by atoms with Crippen LogP contribution in [0.25, 0.3) is 11.2 Å². The van der Waals surface area contributed by atoms with Gasteiger partial charge >= 0.3 is 159 Å². The summed E-state index contributed by atoms with van der Waals surface area (Å²) in [6, 6.07) is -0.688. The van der Waals surface area contributed by atoms with Crippen LogP contribution in [0.2, 0.25) is 10.6 Å². The van der Waals surface area contributed by atoms with Gasteiger partial charge in [0.05, 0.1) is 0 Å². The number of ether oxygens (including phenoxy) is 1. The van der Waals surface area contributed by atoms with Crippen molar-refractivity contribution in [2.45, 2.75) is 47.6 Å². The third-order valence-corrected chi connectivity index (χ3v) is 6.57. The van der Waals surface area contributed by atoms with Crippen molar-refractivity contribution in [3.05, 3.63) is 16.7 Å². The van der Waals surface area contributed by atoms with E-state index in [4.69, 9.17) is 21.9 Å². The number of carbonyl (C=O) groups excluding carboxylic acids is 1. The standard InChI is InChI=1S/C14H21N7O5Se/c15-5(10(16)24)1-2-27-3-6-8(22)9(23)13(26-6)21-4-18-7-11(21)19-14(17)20-12(7)25/h4-6,8-9,13,22-23H,1-3,15H2,(H2,16,24)(H3,17,19,20,25)/t5-,6+,8+,9+,13+/m0/s1. The van der Waals surface area contributed by atoms with Crippen molar-refractivity contribution < 1.29 is 19.7 Å². The summed E-state index contributed by atoms with van der Waals surface area (Å²) in [4.78, 5) is 33.1. The van der Waals surface area contributed by atoms with E-state index < -0.39 is 42.0 Å². The molecule has 1 aliphatic rings. The first-order valence-corrected chi connectivity index (χ1v) is 10.6. The number of imidazole rings is 1. The zero-order valence-corrected chi connectivity index (χ0v) is 15.9. The van der Waals surface area contributed by atoms with Gasteiger partial charge in [-0.3, -0.25) is 0 Å². The number of aromatic nitrogens is 4. The van der Waals surface area contributed by atoms with Gasteiger partial charge in [-0.05, 0) is 0 Å². The van der Waals surface area contributed by atoms with E-state index in [1.54, 1.807) is 0 Å². The van der Waals surface area contributed by atoms with Crippen LogP contribution < -0.4 is 22.8 Å². The van der Waals surface area contributed by atoms with E-state index in [0.717, 1.165) is 0 Å². The minimum absolute atomic E-state index is 0.0319. The molecule has 2 aromatic rings.